The Hall–Kier alpha value is -2.59. The first kappa shape index (κ1) is 32.3. The predicted molar refractivity (Wildman–Crippen MR) is 142 cm³/mol. The molecule has 3 unspecified atom stereocenters. The van der Waals surface area contributed by atoms with Crippen LogP contribution < -0.4 is 11.2 Å². The Bertz CT molecular complexity index is 1690. The van der Waals surface area contributed by atoms with Crippen LogP contribution in [0.25, 0.3) is 11.1 Å². The lowest BCUT2D eigenvalue weighted by Crippen LogP contribution is -2.43. The molecule has 0 aliphatic carbocycles. The zero-order valence-electron chi connectivity index (χ0n) is 21.2. The molecule has 1 fully saturated rings. The quantitative estimate of drug-likeness (QED) is 0.156. The van der Waals surface area contributed by atoms with Crippen LogP contribution in [0, 0.1) is 0 Å². The van der Waals surface area contributed by atoms with E-state index < -0.39 is 65.9 Å². The van der Waals surface area contributed by atoms with Gasteiger partial charge in [-0.1, -0.05) is 48.5 Å². The largest absolute Gasteiger partial charge is 0.490 e. The Morgan fingerprint density at radius 2 is 1.48 bits per heavy atom. The molecule has 0 radical (unpaired) electrons. The molecule has 0 spiro atoms. The van der Waals surface area contributed by atoms with Crippen molar-refractivity contribution in [1.82, 2.24) is 9.13 Å². The normalized spacial score (nSPS) is 23.8. The number of hydrogen-bond acceptors (Lipinski definition) is 11. The third kappa shape index (κ3) is 8.07. The molecular formula is C22H25N2O15P3. The van der Waals surface area contributed by atoms with Crippen LogP contribution in [0.5, 0.6) is 0 Å². The van der Waals surface area contributed by atoms with Crippen molar-refractivity contribution in [3.8, 4) is 11.1 Å². The minimum absolute atomic E-state index is 0.153. The van der Waals surface area contributed by atoms with Crippen molar-refractivity contribution in [1.29, 1.82) is 0 Å². The molecule has 6 N–H and O–H groups in total. The molecule has 2 heterocycles. The second-order valence-electron chi connectivity index (χ2n) is 8.93. The fourth-order valence-corrected chi connectivity index (χ4v) is 7.13. The number of phosphoric acid groups is 3. The maximum atomic E-state index is 13.3. The van der Waals surface area contributed by atoms with Crippen molar-refractivity contribution in [2.75, 3.05) is 6.61 Å². The molecule has 1 aliphatic heterocycles. The fraction of sp³-hybridized carbons (Fsp3) is 0.273. The Labute approximate surface area is 236 Å². The van der Waals surface area contributed by atoms with Gasteiger partial charge < -0.3 is 34.5 Å². The van der Waals surface area contributed by atoms with Gasteiger partial charge in [-0.3, -0.25) is 18.5 Å². The number of aliphatic hydroxyl groups excluding tert-OH is 2. The van der Waals surface area contributed by atoms with Crippen molar-refractivity contribution in [3.63, 3.8) is 0 Å². The van der Waals surface area contributed by atoms with Crippen LogP contribution in [0.1, 0.15) is 11.8 Å². The summed E-state index contributed by atoms with van der Waals surface area (Å²) in [6.07, 6.45) is -5.86. The zero-order chi connectivity index (χ0) is 30.9. The Morgan fingerprint density at radius 3 is 2.14 bits per heavy atom. The van der Waals surface area contributed by atoms with Gasteiger partial charge in [0.1, 0.15) is 18.3 Å². The van der Waals surface area contributed by atoms with Gasteiger partial charge in [-0.25, -0.2) is 18.5 Å². The van der Waals surface area contributed by atoms with Crippen molar-refractivity contribution >= 4 is 23.5 Å². The zero-order valence-corrected chi connectivity index (χ0v) is 23.9. The van der Waals surface area contributed by atoms with Crippen LogP contribution in [0.4, 0.5) is 0 Å². The lowest BCUT2D eigenvalue weighted by molar-refractivity contribution is -0.0547. The van der Waals surface area contributed by atoms with E-state index in [-0.39, 0.29) is 6.54 Å². The molecule has 0 saturated carbocycles. The average molecular weight is 650 g/mol. The van der Waals surface area contributed by atoms with E-state index in [1.54, 1.807) is 18.2 Å². The number of phosphoric ester groups is 1. The number of benzene rings is 2. The summed E-state index contributed by atoms with van der Waals surface area (Å²) < 4.78 is 53.0. The highest BCUT2D eigenvalue weighted by atomic mass is 31.3. The Morgan fingerprint density at radius 1 is 0.810 bits per heavy atom. The van der Waals surface area contributed by atoms with Crippen LogP contribution in [-0.2, 0) is 38.1 Å². The first-order valence-corrected chi connectivity index (χ1v) is 16.3. The molecule has 17 nitrogen and oxygen atoms in total. The van der Waals surface area contributed by atoms with E-state index in [9.17, 15) is 43.3 Å². The lowest BCUT2D eigenvalue weighted by Gasteiger charge is -2.19. The van der Waals surface area contributed by atoms with E-state index in [1.807, 2.05) is 36.4 Å². The summed E-state index contributed by atoms with van der Waals surface area (Å²) in [5, 5.41) is 20.9. The number of nitrogens with zero attached hydrogens (tertiary/aromatic N) is 2. The van der Waals surface area contributed by atoms with E-state index in [4.69, 9.17) is 14.5 Å². The van der Waals surface area contributed by atoms with E-state index in [0.717, 1.165) is 32.5 Å². The molecule has 1 aliphatic rings. The standard InChI is InChI=1S/C22H25N2O15P3/c25-18-9-10-23(22(28)24(18)12-14-5-4-8-16(11-14)15-6-2-1-3-7-15)21-20(27)19(26)17(37-21)13-36-41(32,33)39-42(34,35)38-40(29,30)31/h1-11,17,19-21,26-27H,12-13H2,(H,32,33)(H,34,35)(H2,29,30,31)/t17-,19+,20?,21-/m1/s1. The van der Waals surface area contributed by atoms with E-state index in [1.165, 1.54) is 0 Å². The smallest absolute Gasteiger partial charge is 0.387 e. The number of aromatic nitrogens is 2. The van der Waals surface area contributed by atoms with Gasteiger partial charge in [-0.2, -0.15) is 8.62 Å². The molecule has 6 atom stereocenters. The summed E-state index contributed by atoms with van der Waals surface area (Å²) in [5.41, 5.74) is 0.774. The van der Waals surface area contributed by atoms with Gasteiger partial charge in [-0.05, 0) is 22.8 Å². The maximum Gasteiger partial charge on any atom is 0.490 e. The molecule has 20 heteroatoms. The minimum Gasteiger partial charge on any atom is -0.387 e. The second-order valence-corrected chi connectivity index (χ2v) is 13.3. The van der Waals surface area contributed by atoms with E-state index in [2.05, 4.69) is 13.1 Å². The molecule has 0 amide bonds. The van der Waals surface area contributed by atoms with Gasteiger partial charge in [0, 0.05) is 12.3 Å². The SMILES string of the molecule is O=c1ccn([C@@H]2O[C@H](COP(=O)(O)OP(=O)(O)OP(=O)(O)O)[C@H](O)C2O)c(=O)n1Cc1cccc(-c2ccccc2)c1. The van der Waals surface area contributed by atoms with Gasteiger partial charge in [0.15, 0.2) is 6.23 Å². The predicted octanol–water partition coefficient (Wildman–Crippen LogP) is 0.688. The fourth-order valence-electron chi connectivity index (χ4n) is 4.10. The van der Waals surface area contributed by atoms with Gasteiger partial charge >= 0.3 is 29.2 Å². The monoisotopic (exact) mass is 650 g/mol. The molecule has 3 aromatic rings. The molecule has 0 bridgehead atoms. The highest BCUT2D eigenvalue weighted by Crippen LogP contribution is 2.66. The van der Waals surface area contributed by atoms with E-state index >= 15 is 0 Å². The molecule has 1 saturated heterocycles. The minimum atomic E-state index is -5.78. The van der Waals surface area contributed by atoms with Crippen molar-refractivity contribution in [2.45, 2.75) is 31.1 Å². The van der Waals surface area contributed by atoms with Gasteiger partial charge in [0.2, 0.25) is 0 Å². The first-order chi connectivity index (χ1) is 19.6. The van der Waals surface area contributed by atoms with Crippen molar-refractivity contribution in [2.24, 2.45) is 0 Å². The second kappa shape index (κ2) is 12.6. The number of ether oxygens (including phenoxy) is 1. The van der Waals surface area contributed by atoms with Crippen molar-refractivity contribution in [3.05, 3.63) is 93.3 Å². The first-order valence-electron chi connectivity index (χ1n) is 11.8. The Kier molecular flexibility index (Phi) is 9.67. The summed E-state index contributed by atoms with van der Waals surface area (Å²) in [4.78, 5) is 61.9. The highest BCUT2D eigenvalue weighted by Gasteiger charge is 2.47. The van der Waals surface area contributed by atoms with Crippen LogP contribution in [0.2, 0.25) is 0 Å². The molecule has 228 valence electrons. The summed E-state index contributed by atoms with van der Waals surface area (Å²) in [7, 11) is -16.9. The van der Waals surface area contributed by atoms with Gasteiger partial charge in [-0.15, -0.1) is 0 Å². The van der Waals surface area contributed by atoms with Crippen LogP contribution >= 0.6 is 23.5 Å². The third-order valence-electron chi connectivity index (χ3n) is 5.90. The number of hydrogen-bond donors (Lipinski definition) is 6. The van der Waals surface area contributed by atoms with Crippen LogP contribution in [0.15, 0.2) is 76.4 Å². The van der Waals surface area contributed by atoms with Gasteiger partial charge in [0.05, 0.1) is 13.2 Å². The van der Waals surface area contributed by atoms with Crippen molar-refractivity contribution < 1.29 is 61.4 Å². The highest BCUT2D eigenvalue weighted by molar-refractivity contribution is 7.66. The third-order valence-corrected chi connectivity index (χ3v) is 9.70. The molecule has 4 rings (SSSR count). The molecular weight excluding hydrogens is 625 g/mol. The number of aliphatic hydroxyl groups is 2. The molecule has 1 aromatic heterocycles. The molecule has 42 heavy (non-hydrogen) atoms. The van der Waals surface area contributed by atoms with E-state index in [0.29, 0.717) is 5.56 Å². The van der Waals surface area contributed by atoms with Crippen LogP contribution in [0.3, 0.4) is 0 Å². The van der Waals surface area contributed by atoms with Crippen LogP contribution in [-0.4, -0.2) is 63.8 Å². The summed E-state index contributed by atoms with van der Waals surface area (Å²) in [5.74, 6) is 0. The maximum absolute atomic E-state index is 13.3. The van der Waals surface area contributed by atoms with Gasteiger partial charge in [0.25, 0.3) is 5.56 Å². The topological polar surface area (TPSA) is 254 Å². The summed E-state index contributed by atoms with van der Waals surface area (Å²) in [6.45, 7) is -1.22. The molecule has 2 aromatic carbocycles. The summed E-state index contributed by atoms with van der Waals surface area (Å²) in [6, 6.07) is 17.5. The lowest BCUT2D eigenvalue weighted by atomic mass is 10.0. The summed E-state index contributed by atoms with van der Waals surface area (Å²) >= 11 is 0. The number of rotatable bonds is 11. The Balaban J connectivity index is 1.50. The average Bonchev–Trinajstić information content (AvgIpc) is 3.17.